The predicted octanol–water partition coefficient (Wildman–Crippen LogP) is 4.17. The number of rotatable bonds is 6. The summed E-state index contributed by atoms with van der Waals surface area (Å²) in [5.74, 6) is -0.0240. The molecular weight excluding hydrogens is 293 g/mol. The van der Waals surface area contributed by atoms with Gasteiger partial charge in [-0.2, -0.15) is 0 Å². The molecule has 2 aromatic carbocycles. The maximum atomic E-state index is 12.9. The van der Waals surface area contributed by atoms with Crippen LogP contribution in [0.1, 0.15) is 37.4 Å². The topological polar surface area (TPSA) is 38.3 Å². The molecule has 2 aromatic rings. The van der Waals surface area contributed by atoms with Crippen LogP contribution in [0.15, 0.2) is 48.5 Å². The van der Waals surface area contributed by atoms with Gasteiger partial charge in [0.2, 0.25) is 0 Å². The van der Waals surface area contributed by atoms with Gasteiger partial charge in [-0.15, -0.1) is 0 Å². The second-order valence-corrected chi connectivity index (χ2v) is 5.61. The number of hydrogen-bond acceptors (Lipinski definition) is 2. The standard InChI is InChI=1S/C19H22FNO2/c1-4-18(23-17-11-9-16(20)10-12-17)19(22)21-14(3)15-7-5-13(2)6-8-15/h5-12,14,18H,4H2,1-3H3,(H,21,22)/t14-,18+/m1/s1. The highest BCUT2D eigenvalue weighted by Crippen LogP contribution is 2.17. The van der Waals surface area contributed by atoms with Crippen LogP contribution >= 0.6 is 0 Å². The summed E-state index contributed by atoms with van der Waals surface area (Å²) in [5, 5.41) is 2.96. The third-order valence-corrected chi connectivity index (χ3v) is 3.69. The number of halogens is 1. The first-order valence-electron chi connectivity index (χ1n) is 7.78. The zero-order valence-corrected chi connectivity index (χ0v) is 13.7. The Morgan fingerprint density at radius 1 is 1.13 bits per heavy atom. The molecule has 1 amide bonds. The minimum Gasteiger partial charge on any atom is -0.481 e. The molecule has 0 aliphatic carbocycles. The summed E-state index contributed by atoms with van der Waals surface area (Å²) >= 11 is 0. The van der Waals surface area contributed by atoms with E-state index in [-0.39, 0.29) is 17.8 Å². The number of hydrogen-bond donors (Lipinski definition) is 1. The van der Waals surface area contributed by atoms with Crippen molar-refractivity contribution in [3.05, 3.63) is 65.5 Å². The van der Waals surface area contributed by atoms with Crippen LogP contribution in [-0.2, 0) is 4.79 Å². The maximum absolute atomic E-state index is 12.9. The van der Waals surface area contributed by atoms with E-state index in [4.69, 9.17) is 4.74 Å². The average molecular weight is 315 g/mol. The van der Waals surface area contributed by atoms with Crippen LogP contribution in [0.2, 0.25) is 0 Å². The van der Waals surface area contributed by atoms with Gasteiger partial charge in [0.1, 0.15) is 11.6 Å². The Morgan fingerprint density at radius 3 is 2.30 bits per heavy atom. The highest BCUT2D eigenvalue weighted by molar-refractivity contribution is 5.81. The van der Waals surface area contributed by atoms with Crippen molar-refractivity contribution in [2.45, 2.75) is 39.3 Å². The van der Waals surface area contributed by atoms with E-state index >= 15 is 0 Å². The molecule has 0 aromatic heterocycles. The summed E-state index contributed by atoms with van der Waals surface area (Å²) in [5.41, 5.74) is 2.22. The summed E-state index contributed by atoms with van der Waals surface area (Å²) in [6.07, 6.45) is -0.0718. The molecule has 0 unspecified atom stereocenters. The highest BCUT2D eigenvalue weighted by atomic mass is 19.1. The largest absolute Gasteiger partial charge is 0.481 e. The number of ether oxygens (including phenoxy) is 1. The Balaban J connectivity index is 1.99. The van der Waals surface area contributed by atoms with Crippen molar-refractivity contribution in [1.82, 2.24) is 5.32 Å². The molecule has 4 heteroatoms. The predicted molar refractivity (Wildman–Crippen MR) is 88.8 cm³/mol. The number of carbonyl (C=O) groups is 1. The summed E-state index contributed by atoms with van der Waals surface area (Å²) in [4.78, 5) is 12.4. The Morgan fingerprint density at radius 2 is 1.74 bits per heavy atom. The summed E-state index contributed by atoms with van der Waals surface area (Å²) in [7, 11) is 0. The van der Waals surface area contributed by atoms with Crippen LogP contribution in [0.4, 0.5) is 4.39 Å². The number of aryl methyl sites for hydroxylation is 1. The fourth-order valence-corrected chi connectivity index (χ4v) is 2.24. The molecule has 0 saturated heterocycles. The van der Waals surface area contributed by atoms with Gasteiger partial charge >= 0.3 is 0 Å². The lowest BCUT2D eigenvalue weighted by Gasteiger charge is -2.21. The first-order chi connectivity index (χ1) is 11.0. The van der Waals surface area contributed by atoms with Crippen LogP contribution in [0, 0.1) is 12.7 Å². The van der Waals surface area contributed by atoms with Gasteiger partial charge < -0.3 is 10.1 Å². The number of nitrogens with one attached hydrogen (secondary N) is 1. The SMILES string of the molecule is CC[C@H](Oc1ccc(F)cc1)C(=O)N[C@H](C)c1ccc(C)cc1. The fraction of sp³-hybridized carbons (Fsp3) is 0.316. The molecule has 2 rings (SSSR count). The van der Waals surface area contributed by atoms with Crippen molar-refractivity contribution in [2.75, 3.05) is 0 Å². The van der Waals surface area contributed by atoms with E-state index in [1.165, 1.54) is 29.8 Å². The summed E-state index contributed by atoms with van der Waals surface area (Å²) in [6, 6.07) is 13.6. The Labute approximate surface area is 136 Å². The second kappa shape index (κ2) is 7.77. The van der Waals surface area contributed by atoms with Crippen molar-refractivity contribution in [3.63, 3.8) is 0 Å². The zero-order valence-electron chi connectivity index (χ0n) is 13.7. The average Bonchev–Trinajstić information content (AvgIpc) is 2.54. The second-order valence-electron chi connectivity index (χ2n) is 5.61. The van der Waals surface area contributed by atoms with Crippen molar-refractivity contribution in [3.8, 4) is 5.75 Å². The number of carbonyl (C=O) groups excluding carboxylic acids is 1. The Kier molecular flexibility index (Phi) is 5.74. The Hall–Kier alpha value is -2.36. The molecule has 0 spiro atoms. The third kappa shape index (κ3) is 4.81. The minimum atomic E-state index is -0.603. The lowest BCUT2D eigenvalue weighted by Crippen LogP contribution is -2.39. The minimum absolute atomic E-state index is 0.103. The highest BCUT2D eigenvalue weighted by Gasteiger charge is 2.20. The van der Waals surface area contributed by atoms with Gasteiger partial charge in [0, 0.05) is 0 Å². The van der Waals surface area contributed by atoms with Gasteiger partial charge in [0.15, 0.2) is 6.10 Å². The molecule has 0 aliphatic rings. The van der Waals surface area contributed by atoms with Crippen molar-refractivity contribution in [1.29, 1.82) is 0 Å². The summed E-state index contributed by atoms with van der Waals surface area (Å²) < 4.78 is 18.6. The van der Waals surface area contributed by atoms with Crippen molar-refractivity contribution >= 4 is 5.91 Å². The van der Waals surface area contributed by atoms with Crippen LogP contribution in [0.5, 0.6) is 5.75 Å². The lowest BCUT2D eigenvalue weighted by atomic mass is 10.1. The van der Waals surface area contributed by atoms with E-state index in [1.807, 2.05) is 45.0 Å². The molecule has 3 nitrogen and oxygen atoms in total. The van der Waals surface area contributed by atoms with E-state index in [0.29, 0.717) is 12.2 Å². The molecule has 0 heterocycles. The van der Waals surface area contributed by atoms with E-state index in [2.05, 4.69) is 5.32 Å². The van der Waals surface area contributed by atoms with Gasteiger partial charge in [0.25, 0.3) is 5.91 Å². The molecule has 0 aliphatic heterocycles. The molecule has 0 bridgehead atoms. The van der Waals surface area contributed by atoms with E-state index in [1.54, 1.807) is 0 Å². The van der Waals surface area contributed by atoms with Gasteiger partial charge in [-0.25, -0.2) is 4.39 Å². The summed E-state index contributed by atoms with van der Waals surface area (Å²) in [6.45, 7) is 5.84. The van der Waals surface area contributed by atoms with Gasteiger partial charge in [-0.1, -0.05) is 36.8 Å². The molecule has 122 valence electrons. The molecular formula is C19H22FNO2. The molecule has 0 radical (unpaired) electrons. The fourth-order valence-electron chi connectivity index (χ4n) is 2.24. The van der Waals surface area contributed by atoms with Crippen molar-refractivity contribution < 1.29 is 13.9 Å². The van der Waals surface area contributed by atoms with Crippen LogP contribution in [0.25, 0.3) is 0 Å². The quantitative estimate of drug-likeness (QED) is 0.869. The third-order valence-electron chi connectivity index (χ3n) is 3.69. The first kappa shape index (κ1) is 17.0. The van der Waals surface area contributed by atoms with E-state index in [9.17, 15) is 9.18 Å². The maximum Gasteiger partial charge on any atom is 0.261 e. The van der Waals surface area contributed by atoms with Crippen LogP contribution in [-0.4, -0.2) is 12.0 Å². The molecule has 1 N–H and O–H groups in total. The smallest absolute Gasteiger partial charge is 0.261 e. The number of amides is 1. The monoisotopic (exact) mass is 315 g/mol. The first-order valence-corrected chi connectivity index (χ1v) is 7.78. The Bertz CT molecular complexity index is 637. The number of benzene rings is 2. The van der Waals surface area contributed by atoms with Crippen LogP contribution in [0.3, 0.4) is 0 Å². The van der Waals surface area contributed by atoms with Crippen molar-refractivity contribution in [2.24, 2.45) is 0 Å². The van der Waals surface area contributed by atoms with Gasteiger partial charge in [-0.05, 0) is 50.1 Å². The normalized spacial score (nSPS) is 13.2. The zero-order chi connectivity index (χ0) is 16.8. The van der Waals surface area contributed by atoms with E-state index < -0.39 is 6.10 Å². The lowest BCUT2D eigenvalue weighted by molar-refractivity contribution is -0.128. The molecule has 0 saturated carbocycles. The van der Waals surface area contributed by atoms with Gasteiger partial charge in [0.05, 0.1) is 6.04 Å². The molecule has 0 fully saturated rings. The van der Waals surface area contributed by atoms with Gasteiger partial charge in [-0.3, -0.25) is 4.79 Å². The molecule has 2 atom stereocenters. The van der Waals surface area contributed by atoms with E-state index in [0.717, 1.165) is 5.56 Å². The van der Waals surface area contributed by atoms with Crippen LogP contribution < -0.4 is 10.1 Å². The molecule has 23 heavy (non-hydrogen) atoms.